The highest BCUT2D eigenvalue weighted by Gasteiger charge is 2.13. The largest absolute Gasteiger partial charge is 0.384 e. The molecule has 128 valence electrons. The number of nitrogens with one attached hydrogen (secondary N) is 2. The first kappa shape index (κ1) is 17.0. The second-order valence-corrected chi connectivity index (χ2v) is 6.39. The second kappa shape index (κ2) is 8.31. The molecule has 0 unspecified atom stereocenters. The first-order chi connectivity index (χ1) is 11.8. The van der Waals surface area contributed by atoms with Crippen LogP contribution < -0.4 is 10.6 Å². The van der Waals surface area contributed by atoms with Crippen molar-refractivity contribution in [3.8, 4) is 11.1 Å². The maximum absolute atomic E-state index is 6.33. The highest BCUT2D eigenvalue weighted by molar-refractivity contribution is 6.33. The zero-order valence-electron chi connectivity index (χ0n) is 13.9. The van der Waals surface area contributed by atoms with E-state index in [1.54, 1.807) is 6.20 Å². The van der Waals surface area contributed by atoms with Crippen LogP contribution in [0.25, 0.3) is 11.1 Å². The molecule has 0 spiro atoms. The first-order valence-corrected chi connectivity index (χ1v) is 8.80. The average Bonchev–Trinajstić information content (AvgIpc) is 2.63. The minimum Gasteiger partial charge on any atom is -0.384 e. The summed E-state index contributed by atoms with van der Waals surface area (Å²) in [5.41, 5.74) is 2.93. The van der Waals surface area contributed by atoms with Crippen LogP contribution in [0.1, 0.15) is 19.8 Å². The molecule has 2 N–H and O–H groups in total. The third kappa shape index (κ3) is 4.36. The Kier molecular flexibility index (Phi) is 5.88. The number of hydrogen-bond donors (Lipinski definition) is 2. The molecule has 1 fully saturated rings. The van der Waals surface area contributed by atoms with Gasteiger partial charge in [0.15, 0.2) is 0 Å². The van der Waals surface area contributed by atoms with E-state index >= 15 is 0 Å². The summed E-state index contributed by atoms with van der Waals surface area (Å²) < 4.78 is 5.41. The van der Waals surface area contributed by atoms with Gasteiger partial charge in [0, 0.05) is 56.0 Å². The molecular weight excluding hydrogens is 324 g/mol. The molecule has 1 aliphatic heterocycles. The fraction of sp³-hybridized carbons (Fsp3) is 0.444. The summed E-state index contributed by atoms with van der Waals surface area (Å²) in [5, 5.41) is 7.33. The number of nitrogens with zero attached hydrogens (tertiary/aromatic N) is 2. The lowest BCUT2D eigenvalue weighted by Crippen LogP contribution is -2.22. The lowest BCUT2D eigenvalue weighted by atomic mass is 10.0. The van der Waals surface area contributed by atoms with Gasteiger partial charge in [0.2, 0.25) is 0 Å². The predicted octanol–water partition coefficient (Wildman–Crippen LogP) is 4.07. The minimum atomic E-state index is 0.625. The molecule has 0 aromatic carbocycles. The molecule has 3 rings (SSSR count). The van der Waals surface area contributed by atoms with Gasteiger partial charge in [-0.2, -0.15) is 0 Å². The molecular formula is C18H23ClN4O. The van der Waals surface area contributed by atoms with Gasteiger partial charge in [-0.05, 0) is 37.8 Å². The van der Waals surface area contributed by atoms with E-state index in [0.717, 1.165) is 61.8 Å². The fourth-order valence-corrected chi connectivity index (χ4v) is 3.05. The quantitative estimate of drug-likeness (QED) is 0.825. The lowest BCUT2D eigenvalue weighted by Gasteiger charge is -2.22. The Morgan fingerprint density at radius 3 is 2.79 bits per heavy atom. The molecule has 0 radical (unpaired) electrons. The summed E-state index contributed by atoms with van der Waals surface area (Å²) in [6, 6.07) is 4.05. The van der Waals surface area contributed by atoms with Crippen LogP contribution in [0.2, 0.25) is 5.02 Å². The summed E-state index contributed by atoms with van der Waals surface area (Å²) in [5.74, 6) is 1.48. The van der Waals surface area contributed by atoms with Crippen molar-refractivity contribution in [1.82, 2.24) is 9.97 Å². The van der Waals surface area contributed by atoms with E-state index in [0.29, 0.717) is 10.9 Å². The highest BCUT2D eigenvalue weighted by Crippen LogP contribution is 2.30. The van der Waals surface area contributed by atoms with Crippen molar-refractivity contribution >= 4 is 23.1 Å². The van der Waals surface area contributed by atoms with Crippen molar-refractivity contribution in [2.45, 2.75) is 19.8 Å². The summed E-state index contributed by atoms with van der Waals surface area (Å²) in [6.45, 7) is 5.54. The van der Waals surface area contributed by atoms with Crippen molar-refractivity contribution < 1.29 is 4.74 Å². The summed E-state index contributed by atoms with van der Waals surface area (Å²) in [7, 11) is 0. The number of hydrogen-bond acceptors (Lipinski definition) is 5. The first-order valence-electron chi connectivity index (χ1n) is 8.42. The molecule has 2 aromatic heterocycles. The molecule has 1 saturated heterocycles. The van der Waals surface area contributed by atoms with Crippen LogP contribution in [0.4, 0.5) is 11.5 Å². The van der Waals surface area contributed by atoms with Crippen molar-refractivity contribution in [3.05, 3.63) is 35.7 Å². The maximum Gasteiger partial charge on any atom is 0.126 e. The van der Waals surface area contributed by atoms with Gasteiger partial charge in [0.05, 0.1) is 10.7 Å². The monoisotopic (exact) mass is 346 g/mol. The number of anilines is 2. The smallest absolute Gasteiger partial charge is 0.126 e. The summed E-state index contributed by atoms with van der Waals surface area (Å²) in [4.78, 5) is 8.64. The Hall–Kier alpha value is -1.85. The third-order valence-corrected chi connectivity index (χ3v) is 4.50. The predicted molar refractivity (Wildman–Crippen MR) is 98.7 cm³/mol. The molecule has 0 bridgehead atoms. The van der Waals surface area contributed by atoms with E-state index < -0.39 is 0 Å². The van der Waals surface area contributed by atoms with Gasteiger partial charge < -0.3 is 15.4 Å². The summed E-state index contributed by atoms with van der Waals surface area (Å²) in [6.07, 6.45) is 7.58. The van der Waals surface area contributed by atoms with Gasteiger partial charge in [-0.3, -0.25) is 4.98 Å². The molecule has 5 nitrogen and oxygen atoms in total. The number of pyridine rings is 2. The summed E-state index contributed by atoms with van der Waals surface area (Å²) >= 11 is 6.33. The normalized spacial score (nSPS) is 15.2. The molecule has 0 saturated carbocycles. The number of ether oxygens (including phenoxy) is 1. The lowest BCUT2D eigenvalue weighted by molar-refractivity contribution is 0.0699. The van der Waals surface area contributed by atoms with Gasteiger partial charge in [-0.1, -0.05) is 11.6 Å². The van der Waals surface area contributed by atoms with E-state index in [-0.39, 0.29) is 0 Å². The molecule has 6 heteroatoms. The van der Waals surface area contributed by atoms with E-state index in [4.69, 9.17) is 16.3 Å². The zero-order valence-corrected chi connectivity index (χ0v) is 14.6. The highest BCUT2D eigenvalue weighted by atomic mass is 35.5. The molecule has 1 aliphatic rings. The van der Waals surface area contributed by atoms with Crippen molar-refractivity contribution in [1.29, 1.82) is 0 Å². The van der Waals surface area contributed by atoms with E-state index in [1.807, 2.05) is 25.4 Å². The third-order valence-electron chi connectivity index (χ3n) is 4.20. The standard InChI is InChI=1S/C18H23ClN4O/c1-2-21-18-8-16(17(19)12-23-18)14-7-15(11-20-10-14)22-9-13-3-5-24-6-4-13/h7-8,10-13,22H,2-6,9H2,1H3,(H,21,23). The molecule has 24 heavy (non-hydrogen) atoms. The van der Waals surface area contributed by atoms with E-state index in [2.05, 4.69) is 26.7 Å². The van der Waals surface area contributed by atoms with Gasteiger partial charge in [-0.25, -0.2) is 4.98 Å². The van der Waals surface area contributed by atoms with Crippen molar-refractivity contribution in [2.24, 2.45) is 5.92 Å². The van der Waals surface area contributed by atoms with Crippen LogP contribution in [-0.4, -0.2) is 36.3 Å². The Balaban J connectivity index is 1.73. The van der Waals surface area contributed by atoms with Crippen LogP contribution in [0, 0.1) is 5.92 Å². The fourth-order valence-electron chi connectivity index (χ4n) is 2.83. The van der Waals surface area contributed by atoms with Crippen LogP contribution >= 0.6 is 11.6 Å². The van der Waals surface area contributed by atoms with E-state index in [9.17, 15) is 0 Å². The molecule has 0 aliphatic carbocycles. The Morgan fingerprint density at radius 2 is 2.00 bits per heavy atom. The van der Waals surface area contributed by atoms with Crippen LogP contribution in [0.3, 0.4) is 0 Å². The molecule has 0 atom stereocenters. The van der Waals surface area contributed by atoms with Crippen LogP contribution in [-0.2, 0) is 4.74 Å². The van der Waals surface area contributed by atoms with Crippen molar-refractivity contribution in [2.75, 3.05) is 36.9 Å². The number of aromatic nitrogens is 2. The number of halogens is 1. The Labute approximate surface area is 147 Å². The van der Waals surface area contributed by atoms with Crippen LogP contribution in [0.5, 0.6) is 0 Å². The van der Waals surface area contributed by atoms with Crippen LogP contribution in [0.15, 0.2) is 30.7 Å². The van der Waals surface area contributed by atoms with Gasteiger partial charge >= 0.3 is 0 Å². The van der Waals surface area contributed by atoms with Gasteiger partial charge in [0.1, 0.15) is 5.82 Å². The Bertz CT molecular complexity index is 674. The SMILES string of the molecule is CCNc1cc(-c2cncc(NCC3CCOCC3)c2)c(Cl)cn1. The van der Waals surface area contributed by atoms with Gasteiger partial charge in [0.25, 0.3) is 0 Å². The zero-order chi connectivity index (χ0) is 16.8. The second-order valence-electron chi connectivity index (χ2n) is 5.98. The topological polar surface area (TPSA) is 59.1 Å². The van der Waals surface area contributed by atoms with Gasteiger partial charge in [-0.15, -0.1) is 0 Å². The maximum atomic E-state index is 6.33. The van der Waals surface area contributed by atoms with Crippen molar-refractivity contribution in [3.63, 3.8) is 0 Å². The Morgan fingerprint density at radius 1 is 1.17 bits per heavy atom. The number of rotatable bonds is 6. The molecule has 2 aromatic rings. The minimum absolute atomic E-state index is 0.625. The molecule has 0 amide bonds. The molecule has 3 heterocycles. The van der Waals surface area contributed by atoms with E-state index in [1.165, 1.54) is 0 Å². The average molecular weight is 347 g/mol.